The molecule has 8 nitrogen and oxygen atoms in total. The number of aryl methyl sites for hydroxylation is 1. The van der Waals surface area contributed by atoms with Crippen molar-refractivity contribution in [3.8, 4) is 0 Å². The fraction of sp³-hybridized carbons (Fsp3) is 0.520. The molecule has 0 bridgehead atoms. The van der Waals surface area contributed by atoms with Crippen LogP contribution >= 0.6 is 0 Å². The monoisotopic (exact) mass is 490 g/mol. The zero-order valence-electron chi connectivity index (χ0n) is 20.8. The van der Waals surface area contributed by atoms with Crippen LogP contribution in [0.5, 0.6) is 0 Å². The summed E-state index contributed by atoms with van der Waals surface area (Å²) in [7, 11) is -2.68. The van der Waals surface area contributed by atoms with Crippen molar-refractivity contribution in [2.75, 3.05) is 20.3 Å². The molecule has 1 saturated heterocycles. The molecular weight excluding hydrogens is 456 g/mol. The predicted molar refractivity (Wildman–Crippen MR) is 129 cm³/mol. The van der Waals surface area contributed by atoms with Gasteiger partial charge >= 0.3 is 5.97 Å². The van der Waals surface area contributed by atoms with Crippen molar-refractivity contribution < 1.29 is 27.5 Å². The summed E-state index contributed by atoms with van der Waals surface area (Å²) in [4.78, 5) is 26.4. The number of carbonyl (C=O) groups is 2. The fourth-order valence-corrected chi connectivity index (χ4v) is 6.28. The Morgan fingerprint density at radius 2 is 1.85 bits per heavy atom. The van der Waals surface area contributed by atoms with Crippen LogP contribution in [0.25, 0.3) is 0 Å². The van der Waals surface area contributed by atoms with Gasteiger partial charge in [-0.05, 0) is 65.2 Å². The van der Waals surface area contributed by atoms with Crippen LogP contribution in [-0.4, -0.2) is 61.4 Å². The van der Waals surface area contributed by atoms with E-state index in [9.17, 15) is 18.0 Å². The Morgan fingerprint density at radius 3 is 2.38 bits per heavy atom. The van der Waals surface area contributed by atoms with E-state index in [0.717, 1.165) is 18.4 Å². The number of esters is 1. The Kier molecular flexibility index (Phi) is 8.00. The molecule has 2 aromatic rings. The van der Waals surface area contributed by atoms with E-state index in [2.05, 4.69) is 0 Å². The van der Waals surface area contributed by atoms with E-state index in [-0.39, 0.29) is 23.3 Å². The number of aromatic nitrogens is 1. The first-order chi connectivity index (χ1) is 16.0. The van der Waals surface area contributed by atoms with E-state index in [1.165, 1.54) is 11.4 Å². The van der Waals surface area contributed by atoms with Crippen LogP contribution in [-0.2, 0) is 26.0 Å². The van der Waals surface area contributed by atoms with Crippen LogP contribution in [0.3, 0.4) is 0 Å². The first-order valence-corrected chi connectivity index (χ1v) is 13.0. The lowest BCUT2D eigenvalue weighted by atomic mass is 10.0. The molecule has 3 rings (SSSR count). The van der Waals surface area contributed by atoms with Crippen molar-refractivity contribution >= 4 is 21.8 Å². The van der Waals surface area contributed by atoms with E-state index in [0.29, 0.717) is 35.7 Å². The second-order valence-electron chi connectivity index (χ2n) is 8.73. The second-order valence-corrected chi connectivity index (χ2v) is 10.6. The highest BCUT2D eigenvalue weighted by Gasteiger charge is 2.38. The van der Waals surface area contributed by atoms with Crippen molar-refractivity contribution in [3.63, 3.8) is 0 Å². The van der Waals surface area contributed by atoms with Gasteiger partial charge in [0.1, 0.15) is 5.69 Å². The third-order valence-electron chi connectivity index (χ3n) is 6.55. The molecule has 1 aromatic carbocycles. The molecule has 2 heterocycles. The Bertz CT molecular complexity index is 1160. The highest BCUT2D eigenvalue weighted by molar-refractivity contribution is 7.89. The van der Waals surface area contributed by atoms with Crippen LogP contribution in [0.1, 0.15) is 64.4 Å². The molecule has 2 unspecified atom stereocenters. The fourth-order valence-electron chi connectivity index (χ4n) is 4.65. The van der Waals surface area contributed by atoms with Gasteiger partial charge < -0.3 is 14.0 Å². The van der Waals surface area contributed by atoms with Gasteiger partial charge in [0.05, 0.1) is 24.2 Å². The molecule has 1 aliphatic heterocycles. The molecule has 1 fully saturated rings. The van der Waals surface area contributed by atoms with Gasteiger partial charge in [-0.15, -0.1) is 0 Å². The number of nitrogens with zero attached hydrogens (tertiary/aromatic N) is 2. The summed E-state index contributed by atoms with van der Waals surface area (Å²) in [5.74, 6) is -0.890. The van der Waals surface area contributed by atoms with Gasteiger partial charge in [0.2, 0.25) is 10.0 Å². The molecule has 9 heteroatoms. The van der Waals surface area contributed by atoms with Crippen molar-refractivity contribution in [1.29, 1.82) is 0 Å². The molecule has 0 spiro atoms. The number of rotatable bonds is 9. The van der Waals surface area contributed by atoms with Crippen LogP contribution in [0, 0.1) is 20.8 Å². The van der Waals surface area contributed by atoms with Crippen LogP contribution in [0.2, 0.25) is 0 Å². The number of sulfonamides is 1. The van der Waals surface area contributed by atoms with Crippen LogP contribution in [0.15, 0.2) is 29.2 Å². The van der Waals surface area contributed by atoms with E-state index in [1.54, 1.807) is 49.6 Å². The minimum Gasteiger partial charge on any atom is -0.464 e. The third-order valence-corrected chi connectivity index (χ3v) is 8.51. The summed E-state index contributed by atoms with van der Waals surface area (Å²) in [5, 5.41) is 0. The SMILES string of the molecule is CCn1c(C)c(C(=O)C(C)N(CC2CCCO2)S(=O)(=O)c2ccc(C)cc2)c(C)c1C(=O)OC. The minimum absolute atomic E-state index is 0.0829. The maximum absolute atomic E-state index is 13.8. The largest absolute Gasteiger partial charge is 0.464 e. The molecule has 1 aromatic heterocycles. The standard InChI is InChI=1S/C25H34N2O6S/c1-7-26-18(4)22(17(3)23(26)25(29)32-6)24(28)19(5)27(15-20-9-8-14-33-20)34(30,31)21-12-10-16(2)11-13-21/h10-13,19-20H,7-9,14-15H2,1-6H3. The lowest BCUT2D eigenvalue weighted by Crippen LogP contribution is -2.47. The molecule has 0 amide bonds. The first kappa shape index (κ1) is 26.1. The lowest BCUT2D eigenvalue weighted by Gasteiger charge is -2.30. The quantitative estimate of drug-likeness (QED) is 0.393. The number of hydrogen-bond acceptors (Lipinski definition) is 6. The normalized spacial score (nSPS) is 17.2. The van der Waals surface area contributed by atoms with Gasteiger partial charge in [0.15, 0.2) is 5.78 Å². The highest BCUT2D eigenvalue weighted by atomic mass is 32.2. The number of hydrogen-bond donors (Lipinski definition) is 0. The van der Waals surface area contributed by atoms with Gasteiger partial charge in [0, 0.05) is 31.0 Å². The molecule has 2 atom stereocenters. The van der Waals surface area contributed by atoms with Gasteiger partial charge in [-0.25, -0.2) is 13.2 Å². The summed E-state index contributed by atoms with van der Waals surface area (Å²) in [6, 6.07) is 5.60. The molecule has 1 aliphatic rings. The van der Waals surface area contributed by atoms with Gasteiger partial charge in [-0.1, -0.05) is 17.7 Å². The number of Topliss-reactive ketones (excluding diaryl/α,β-unsaturated/α-hetero) is 1. The third kappa shape index (κ3) is 4.82. The number of carbonyl (C=O) groups excluding carboxylic acids is 2. The number of benzene rings is 1. The highest BCUT2D eigenvalue weighted by Crippen LogP contribution is 2.29. The summed E-state index contributed by atoms with van der Waals surface area (Å²) in [5.41, 5.74) is 2.71. The minimum atomic E-state index is -3.98. The zero-order valence-corrected chi connectivity index (χ0v) is 21.6. The van der Waals surface area contributed by atoms with E-state index >= 15 is 0 Å². The Hall–Kier alpha value is -2.49. The van der Waals surface area contributed by atoms with Crippen molar-refractivity contribution in [1.82, 2.24) is 8.87 Å². The molecule has 186 valence electrons. The van der Waals surface area contributed by atoms with Crippen molar-refractivity contribution in [2.24, 2.45) is 0 Å². The predicted octanol–water partition coefficient (Wildman–Crippen LogP) is 3.66. The lowest BCUT2D eigenvalue weighted by molar-refractivity contribution is 0.0587. The molecule has 0 aliphatic carbocycles. The second kappa shape index (κ2) is 10.4. The molecule has 0 N–H and O–H groups in total. The van der Waals surface area contributed by atoms with Crippen LogP contribution in [0.4, 0.5) is 0 Å². The van der Waals surface area contributed by atoms with Gasteiger partial charge in [0.25, 0.3) is 0 Å². The summed E-state index contributed by atoms with van der Waals surface area (Å²) < 4.78 is 41.0. The zero-order chi connectivity index (χ0) is 25.2. The average molecular weight is 491 g/mol. The number of ether oxygens (including phenoxy) is 2. The maximum Gasteiger partial charge on any atom is 0.354 e. The number of ketones is 1. The molecule has 34 heavy (non-hydrogen) atoms. The molecule has 0 radical (unpaired) electrons. The molecule has 0 saturated carbocycles. The average Bonchev–Trinajstić information content (AvgIpc) is 3.41. The Balaban J connectivity index is 2.07. The topological polar surface area (TPSA) is 94.9 Å². The van der Waals surface area contributed by atoms with E-state index < -0.39 is 22.0 Å². The molecular formula is C25H34N2O6S. The van der Waals surface area contributed by atoms with E-state index in [1.807, 2.05) is 13.8 Å². The Labute approximate surface area is 201 Å². The van der Waals surface area contributed by atoms with Crippen LogP contribution < -0.4 is 0 Å². The maximum atomic E-state index is 13.8. The van der Waals surface area contributed by atoms with Gasteiger partial charge in [-0.3, -0.25) is 4.79 Å². The number of methoxy groups -OCH3 is 1. The summed E-state index contributed by atoms with van der Waals surface area (Å²) in [6.07, 6.45) is 1.31. The van der Waals surface area contributed by atoms with E-state index in [4.69, 9.17) is 9.47 Å². The summed E-state index contributed by atoms with van der Waals surface area (Å²) >= 11 is 0. The van der Waals surface area contributed by atoms with Crippen molar-refractivity contribution in [3.05, 3.63) is 52.3 Å². The smallest absolute Gasteiger partial charge is 0.354 e. The first-order valence-electron chi connectivity index (χ1n) is 11.6. The summed E-state index contributed by atoms with van der Waals surface area (Å²) in [6.45, 7) is 9.96. The van der Waals surface area contributed by atoms with Crippen molar-refractivity contribution in [2.45, 2.75) is 71.0 Å². The Morgan fingerprint density at radius 1 is 1.21 bits per heavy atom. The van der Waals surface area contributed by atoms with Gasteiger partial charge in [-0.2, -0.15) is 4.31 Å².